The molecule has 0 aliphatic heterocycles. The Morgan fingerprint density at radius 2 is 1.13 bits per heavy atom. The van der Waals surface area contributed by atoms with Gasteiger partial charge in [-0.1, -0.05) is 108 Å². The number of hydrogen-bond donors (Lipinski definition) is 0. The van der Waals surface area contributed by atoms with Crippen molar-refractivity contribution < 1.29 is 0 Å². The van der Waals surface area contributed by atoms with Gasteiger partial charge in [0.1, 0.15) is 0 Å². The molecule has 23 heavy (non-hydrogen) atoms. The van der Waals surface area contributed by atoms with Crippen LogP contribution in [0.5, 0.6) is 0 Å². The number of hydrogen-bond acceptors (Lipinski definition) is 0. The maximum absolute atomic E-state index is 6.30. The van der Waals surface area contributed by atoms with Gasteiger partial charge in [-0.3, -0.25) is 0 Å². The molecular weight excluding hydrogens is 319 g/mol. The van der Waals surface area contributed by atoms with Crippen LogP contribution in [0, 0.1) is 0 Å². The standard InChI is InChI=1S/C21H18ClP/c22-23-21(19-14-8-3-9-15-19)16-20(17-10-4-1-5-11-17)18-12-6-2-7-13-18/h1-16,21,23H. The lowest BCUT2D eigenvalue weighted by Crippen LogP contribution is -1.92. The van der Waals surface area contributed by atoms with E-state index in [4.69, 9.17) is 11.2 Å². The van der Waals surface area contributed by atoms with E-state index >= 15 is 0 Å². The lowest BCUT2D eigenvalue weighted by atomic mass is 9.96. The molecule has 3 rings (SSSR count). The van der Waals surface area contributed by atoms with E-state index in [1.807, 2.05) is 18.2 Å². The molecule has 114 valence electrons. The van der Waals surface area contributed by atoms with E-state index in [-0.39, 0.29) is 5.66 Å². The van der Waals surface area contributed by atoms with Crippen LogP contribution in [0.3, 0.4) is 0 Å². The fourth-order valence-electron chi connectivity index (χ4n) is 2.61. The van der Waals surface area contributed by atoms with E-state index < -0.39 is 0 Å². The molecular formula is C21H18ClP. The van der Waals surface area contributed by atoms with Crippen LogP contribution < -0.4 is 0 Å². The van der Waals surface area contributed by atoms with Crippen LogP contribution in [0.15, 0.2) is 97.1 Å². The molecule has 0 fully saturated rings. The Labute approximate surface area is 144 Å². The summed E-state index contributed by atoms with van der Waals surface area (Å²) in [6.07, 6.45) is 2.30. The Morgan fingerprint density at radius 3 is 1.57 bits per heavy atom. The molecule has 2 unspecified atom stereocenters. The second-order valence-corrected chi connectivity index (χ2v) is 6.80. The largest absolute Gasteiger partial charge is 0.0991 e. The van der Waals surface area contributed by atoms with Gasteiger partial charge in [0.05, 0.1) is 0 Å². The summed E-state index contributed by atoms with van der Waals surface area (Å²) in [6, 6.07) is 31.5. The van der Waals surface area contributed by atoms with Crippen molar-refractivity contribution in [1.82, 2.24) is 0 Å². The maximum Gasteiger partial charge on any atom is 0.0341 e. The SMILES string of the molecule is ClPC(C=C(c1ccccc1)c1ccccc1)c1ccccc1. The molecule has 0 amide bonds. The third kappa shape index (κ3) is 4.10. The van der Waals surface area contributed by atoms with Gasteiger partial charge in [0.25, 0.3) is 0 Å². The fraction of sp³-hybridized carbons (Fsp3) is 0.0476. The van der Waals surface area contributed by atoms with E-state index in [1.165, 1.54) is 22.3 Å². The zero-order valence-electron chi connectivity index (χ0n) is 12.7. The Bertz CT molecular complexity index is 710. The summed E-state index contributed by atoms with van der Waals surface area (Å²) >= 11 is 6.30. The van der Waals surface area contributed by atoms with Crippen LogP contribution in [-0.2, 0) is 0 Å². The molecule has 2 heteroatoms. The molecule has 0 saturated carbocycles. The third-order valence-electron chi connectivity index (χ3n) is 3.78. The number of halogens is 1. The molecule has 2 atom stereocenters. The molecule has 0 saturated heterocycles. The van der Waals surface area contributed by atoms with Crippen LogP contribution in [0.25, 0.3) is 5.57 Å². The topological polar surface area (TPSA) is 0 Å². The first kappa shape index (κ1) is 16.0. The zero-order chi connectivity index (χ0) is 15.9. The predicted molar refractivity (Wildman–Crippen MR) is 103 cm³/mol. The average molecular weight is 337 g/mol. The average Bonchev–Trinajstić information content (AvgIpc) is 2.65. The molecule has 0 N–H and O–H groups in total. The predicted octanol–water partition coefficient (Wildman–Crippen LogP) is 6.69. The highest BCUT2D eigenvalue weighted by molar-refractivity contribution is 7.68. The molecule has 0 heterocycles. The molecule has 3 aromatic rings. The Balaban J connectivity index is 2.07. The van der Waals surface area contributed by atoms with Gasteiger partial charge in [-0.05, 0) is 30.2 Å². The van der Waals surface area contributed by atoms with Crippen LogP contribution in [0.2, 0.25) is 0 Å². The third-order valence-corrected chi connectivity index (χ3v) is 5.22. The Hall–Kier alpha value is -1.88. The smallest absolute Gasteiger partial charge is 0.0341 e. The number of allylic oxidation sites excluding steroid dienone is 1. The highest BCUT2D eigenvalue weighted by atomic mass is 35.7. The summed E-state index contributed by atoms with van der Waals surface area (Å²) in [7, 11) is 0.305. The van der Waals surface area contributed by atoms with Gasteiger partial charge in [-0.2, -0.15) is 0 Å². The highest BCUT2D eigenvalue weighted by Gasteiger charge is 2.11. The molecule has 0 spiro atoms. The molecule has 0 nitrogen and oxygen atoms in total. The second-order valence-electron chi connectivity index (χ2n) is 5.31. The van der Waals surface area contributed by atoms with Crippen molar-refractivity contribution in [3.8, 4) is 0 Å². The maximum atomic E-state index is 6.30. The van der Waals surface area contributed by atoms with Gasteiger partial charge in [0, 0.05) is 5.66 Å². The van der Waals surface area contributed by atoms with Gasteiger partial charge in [0.2, 0.25) is 0 Å². The van der Waals surface area contributed by atoms with E-state index in [0.717, 1.165) is 0 Å². The highest BCUT2D eigenvalue weighted by Crippen LogP contribution is 2.42. The normalized spacial score (nSPS) is 12.2. The van der Waals surface area contributed by atoms with Crippen LogP contribution >= 0.6 is 19.2 Å². The second kappa shape index (κ2) is 8.11. The summed E-state index contributed by atoms with van der Waals surface area (Å²) in [6.45, 7) is 0. The fourth-order valence-corrected chi connectivity index (χ4v) is 3.73. The molecule has 3 aromatic carbocycles. The van der Waals surface area contributed by atoms with Crippen molar-refractivity contribution in [1.29, 1.82) is 0 Å². The number of rotatable bonds is 5. The molecule has 0 radical (unpaired) electrons. The minimum atomic E-state index is 0.216. The van der Waals surface area contributed by atoms with E-state index in [1.54, 1.807) is 0 Å². The van der Waals surface area contributed by atoms with Crippen LogP contribution in [0.4, 0.5) is 0 Å². The lowest BCUT2D eigenvalue weighted by Gasteiger charge is -2.14. The van der Waals surface area contributed by atoms with Crippen molar-refractivity contribution in [3.05, 3.63) is 114 Å². The van der Waals surface area contributed by atoms with E-state index in [0.29, 0.717) is 7.93 Å². The van der Waals surface area contributed by atoms with Gasteiger partial charge in [0.15, 0.2) is 0 Å². The molecule has 0 bridgehead atoms. The van der Waals surface area contributed by atoms with Gasteiger partial charge >= 0.3 is 0 Å². The quantitative estimate of drug-likeness (QED) is 0.455. The summed E-state index contributed by atoms with van der Waals surface area (Å²) in [5, 5.41) is 0. The molecule has 0 aliphatic rings. The van der Waals surface area contributed by atoms with Gasteiger partial charge in [-0.25, -0.2) is 0 Å². The van der Waals surface area contributed by atoms with Crippen molar-refractivity contribution in [2.45, 2.75) is 5.66 Å². The first-order chi connectivity index (χ1) is 11.4. The minimum Gasteiger partial charge on any atom is -0.0991 e. The van der Waals surface area contributed by atoms with Gasteiger partial charge in [-0.15, -0.1) is 0 Å². The van der Waals surface area contributed by atoms with E-state index in [9.17, 15) is 0 Å². The van der Waals surface area contributed by atoms with E-state index in [2.05, 4.69) is 78.9 Å². The monoisotopic (exact) mass is 336 g/mol. The summed E-state index contributed by atoms with van der Waals surface area (Å²) in [5.74, 6) is 0. The van der Waals surface area contributed by atoms with Gasteiger partial charge < -0.3 is 0 Å². The summed E-state index contributed by atoms with van der Waals surface area (Å²) < 4.78 is 0. The Kier molecular flexibility index (Phi) is 5.64. The minimum absolute atomic E-state index is 0.216. The number of benzene rings is 3. The molecule has 0 aliphatic carbocycles. The zero-order valence-corrected chi connectivity index (χ0v) is 14.4. The summed E-state index contributed by atoms with van der Waals surface area (Å²) in [4.78, 5) is 0. The van der Waals surface area contributed by atoms with Crippen molar-refractivity contribution in [2.24, 2.45) is 0 Å². The molecule has 0 aromatic heterocycles. The lowest BCUT2D eigenvalue weighted by molar-refractivity contribution is 1.23. The van der Waals surface area contributed by atoms with Crippen molar-refractivity contribution in [3.63, 3.8) is 0 Å². The van der Waals surface area contributed by atoms with Crippen molar-refractivity contribution in [2.75, 3.05) is 0 Å². The first-order valence-electron chi connectivity index (χ1n) is 7.62. The first-order valence-corrected chi connectivity index (χ1v) is 9.71. The van der Waals surface area contributed by atoms with Crippen LogP contribution in [0.1, 0.15) is 22.3 Å². The van der Waals surface area contributed by atoms with Crippen LogP contribution in [-0.4, -0.2) is 0 Å². The summed E-state index contributed by atoms with van der Waals surface area (Å²) in [5.41, 5.74) is 5.13. The Morgan fingerprint density at radius 1 is 0.696 bits per heavy atom. The van der Waals surface area contributed by atoms with Crippen molar-refractivity contribution >= 4 is 24.7 Å².